The Labute approximate surface area is 185 Å². The lowest BCUT2D eigenvalue weighted by Crippen LogP contribution is -2.13. The van der Waals surface area contributed by atoms with Gasteiger partial charge in [0, 0.05) is 26.7 Å². The van der Waals surface area contributed by atoms with Crippen molar-refractivity contribution in [2.75, 3.05) is 5.32 Å². The van der Waals surface area contributed by atoms with Crippen molar-refractivity contribution in [3.05, 3.63) is 94.0 Å². The fourth-order valence-corrected chi connectivity index (χ4v) is 3.99. The highest BCUT2D eigenvalue weighted by Gasteiger charge is 2.15. The number of halogens is 2. The molecule has 0 radical (unpaired) electrons. The lowest BCUT2D eigenvalue weighted by Gasteiger charge is -2.11. The van der Waals surface area contributed by atoms with Crippen molar-refractivity contribution in [1.82, 2.24) is 4.98 Å². The second-order valence-corrected chi connectivity index (χ2v) is 8.00. The number of hydrogen-bond donors (Lipinski definition) is 1. The maximum absolute atomic E-state index is 13.1. The topological polar surface area (TPSA) is 42.0 Å². The molecule has 5 heteroatoms. The molecule has 1 amide bonds. The Balaban J connectivity index is 1.75. The van der Waals surface area contributed by atoms with Gasteiger partial charge in [0.2, 0.25) is 0 Å². The molecular formula is C25H20Cl2N2O. The summed E-state index contributed by atoms with van der Waals surface area (Å²) in [6, 6.07) is 22.8. The molecule has 0 unspecified atom stereocenters. The minimum atomic E-state index is -0.240. The van der Waals surface area contributed by atoms with E-state index in [1.807, 2.05) is 30.3 Å². The quantitative estimate of drug-likeness (QED) is 0.355. The molecule has 4 rings (SSSR count). The van der Waals surface area contributed by atoms with E-state index in [9.17, 15) is 4.79 Å². The van der Waals surface area contributed by atoms with E-state index >= 15 is 0 Å². The van der Waals surface area contributed by atoms with Crippen molar-refractivity contribution in [3.63, 3.8) is 0 Å². The van der Waals surface area contributed by atoms with E-state index in [0.29, 0.717) is 21.3 Å². The van der Waals surface area contributed by atoms with E-state index in [2.05, 4.69) is 36.5 Å². The molecule has 0 aliphatic rings. The third-order valence-electron chi connectivity index (χ3n) is 4.87. The molecule has 0 bridgehead atoms. The summed E-state index contributed by atoms with van der Waals surface area (Å²) in [6.07, 6.45) is 2.15. The van der Waals surface area contributed by atoms with Crippen molar-refractivity contribution in [2.45, 2.75) is 19.8 Å². The second-order valence-electron chi connectivity index (χ2n) is 7.13. The molecule has 150 valence electrons. The number of hydrogen-bond acceptors (Lipinski definition) is 2. The van der Waals surface area contributed by atoms with Gasteiger partial charge < -0.3 is 5.32 Å². The Kier molecular flexibility index (Phi) is 6.03. The summed E-state index contributed by atoms with van der Waals surface area (Å²) in [5, 5.41) is 4.61. The summed E-state index contributed by atoms with van der Waals surface area (Å²) < 4.78 is 0. The van der Waals surface area contributed by atoms with Crippen molar-refractivity contribution in [1.29, 1.82) is 0 Å². The minimum Gasteiger partial charge on any atom is -0.322 e. The highest BCUT2D eigenvalue weighted by molar-refractivity contribution is 6.35. The molecule has 30 heavy (non-hydrogen) atoms. The Morgan fingerprint density at radius 1 is 0.933 bits per heavy atom. The molecule has 0 atom stereocenters. The molecule has 3 aromatic carbocycles. The number of aromatic nitrogens is 1. The van der Waals surface area contributed by atoms with E-state index in [4.69, 9.17) is 28.2 Å². The largest absolute Gasteiger partial charge is 0.322 e. The average Bonchev–Trinajstić information content (AvgIpc) is 2.73. The zero-order valence-electron chi connectivity index (χ0n) is 16.5. The number of carbonyl (C=O) groups is 1. The number of fused-ring (bicyclic) bond motifs is 1. The number of rotatable bonds is 5. The van der Waals surface area contributed by atoms with Crippen LogP contribution in [-0.4, -0.2) is 10.9 Å². The molecule has 0 aliphatic carbocycles. The number of pyridine rings is 1. The monoisotopic (exact) mass is 434 g/mol. The first-order valence-corrected chi connectivity index (χ1v) is 10.6. The number of para-hydroxylation sites is 1. The lowest BCUT2D eigenvalue weighted by molar-refractivity contribution is 0.102. The molecule has 0 saturated carbocycles. The van der Waals surface area contributed by atoms with Gasteiger partial charge in [-0.2, -0.15) is 0 Å². The summed E-state index contributed by atoms with van der Waals surface area (Å²) in [4.78, 5) is 17.9. The molecular weight excluding hydrogens is 415 g/mol. The van der Waals surface area contributed by atoms with Gasteiger partial charge >= 0.3 is 0 Å². The van der Waals surface area contributed by atoms with Gasteiger partial charge in [-0.25, -0.2) is 4.98 Å². The number of nitrogens with one attached hydrogen (secondary N) is 1. The summed E-state index contributed by atoms with van der Waals surface area (Å²) in [6.45, 7) is 2.16. The Morgan fingerprint density at radius 3 is 2.33 bits per heavy atom. The van der Waals surface area contributed by atoms with Gasteiger partial charge in [-0.05, 0) is 42.3 Å². The van der Waals surface area contributed by atoms with E-state index in [1.165, 1.54) is 5.56 Å². The van der Waals surface area contributed by atoms with Crippen LogP contribution in [-0.2, 0) is 6.42 Å². The normalized spacial score (nSPS) is 10.9. The summed E-state index contributed by atoms with van der Waals surface area (Å²) in [5.41, 5.74) is 4.87. The van der Waals surface area contributed by atoms with Crippen LogP contribution in [0.5, 0.6) is 0 Å². The van der Waals surface area contributed by atoms with E-state index < -0.39 is 0 Å². The van der Waals surface area contributed by atoms with Crippen LogP contribution in [0.25, 0.3) is 22.2 Å². The van der Waals surface area contributed by atoms with Crippen LogP contribution >= 0.6 is 23.2 Å². The van der Waals surface area contributed by atoms with Gasteiger partial charge in [-0.1, -0.05) is 79.0 Å². The van der Waals surface area contributed by atoms with E-state index in [-0.39, 0.29) is 5.91 Å². The SMILES string of the molecule is CCCc1ccc(-c2cc(C(=O)Nc3cc(Cl)cc(Cl)c3)c3ccccc3n2)cc1. The highest BCUT2D eigenvalue weighted by Crippen LogP contribution is 2.27. The summed E-state index contributed by atoms with van der Waals surface area (Å²) in [5.74, 6) is -0.240. The first kappa shape index (κ1) is 20.4. The first-order valence-electron chi connectivity index (χ1n) is 9.80. The molecule has 0 saturated heterocycles. The molecule has 1 heterocycles. The van der Waals surface area contributed by atoms with Crippen molar-refractivity contribution < 1.29 is 4.79 Å². The predicted molar refractivity (Wildman–Crippen MR) is 126 cm³/mol. The number of anilines is 1. The Bertz CT molecular complexity index is 1200. The van der Waals surface area contributed by atoms with Gasteiger partial charge in [-0.15, -0.1) is 0 Å². The van der Waals surface area contributed by atoms with Gasteiger partial charge in [0.1, 0.15) is 0 Å². The maximum Gasteiger partial charge on any atom is 0.256 e. The number of benzene rings is 3. The smallest absolute Gasteiger partial charge is 0.256 e. The lowest BCUT2D eigenvalue weighted by atomic mass is 10.0. The maximum atomic E-state index is 13.1. The van der Waals surface area contributed by atoms with Gasteiger partial charge in [-0.3, -0.25) is 4.79 Å². The van der Waals surface area contributed by atoms with Crippen LogP contribution in [0.15, 0.2) is 72.8 Å². The van der Waals surface area contributed by atoms with Crippen molar-refractivity contribution >= 4 is 45.7 Å². The number of aryl methyl sites for hydroxylation is 1. The highest BCUT2D eigenvalue weighted by atomic mass is 35.5. The van der Waals surface area contributed by atoms with Gasteiger partial charge in [0.05, 0.1) is 16.8 Å². The van der Waals surface area contributed by atoms with Crippen LogP contribution in [0.3, 0.4) is 0 Å². The van der Waals surface area contributed by atoms with E-state index in [0.717, 1.165) is 35.0 Å². The fraction of sp³-hybridized carbons (Fsp3) is 0.120. The molecule has 4 aromatic rings. The number of amides is 1. The fourth-order valence-electron chi connectivity index (χ4n) is 3.47. The van der Waals surface area contributed by atoms with Crippen LogP contribution in [0.2, 0.25) is 10.0 Å². The summed E-state index contributed by atoms with van der Waals surface area (Å²) in [7, 11) is 0. The second kappa shape index (κ2) is 8.86. The van der Waals surface area contributed by atoms with Gasteiger partial charge in [0.25, 0.3) is 5.91 Å². The number of carbonyl (C=O) groups excluding carboxylic acids is 1. The van der Waals surface area contributed by atoms with Crippen LogP contribution in [0.1, 0.15) is 29.3 Å². The zero-order chi connectivity index (χ0) is 21.1. The zero-order valence-corrected chi connectivity index (χ0v) is 18.0. The number of nitrogens with zero attached hydrogens (tertiary/aromatic N) is 1. The Morgan fingerprint density at radius 2 is 1.63 bits per heavy atom. The molecule has 1 aromatic heterocycles. The molecule has 3 nitrogen and oxygen atoms in total. The molecule has 0 aliphatic heterocycles. The first-order chi connectivity index (χ1) is 14.5. The van der Waals surface area contributed by atoms with Crippen LogP contribution in [0, 0.1) is 0 Å². The summed E-state index contributed by atoms with van der Waals surface area (Å²) >= 11 is 12.1. The van der Waals surface area contributed by atoms with Crippen LogP contribution in [0.4, 0.5) is 5.69 Å². The molecule has 1 N–H and O–H groups in total. The molecule has 0 fully saturated rings. The molecule has 0 spiro atoms. The minimum absolute atomic E-state index is 0.240. The third kappa shape index (κ3) is 4.48. The average molecular weight is 435 g/mol. The third-order valence-corrected chi connectivity index (χ3v) is 5.31. The van der Waals surface area contributed by atoms with Crippen molar-refractivity contribution in [2.24, 2.45) is 0 Å². The standard InChI is InChI=1S/C25H20Cl2N2O/c1-2-5-16-8-10-17(11-9-16)24-15-22(21-6-3-4-7-23(21)29-24)25(30)28-20-13-18(26)12-19(27)14-20/h3-4,6-15H,2,5H2,1H3,(H,28,30). The Hall–Kier alpha value is -2.88. The predicted octanol–water partition coefficient (Wildman–Crippen LogP) is 7.41. The van der Waals surface area contributed by atoms with Gasteiger partial charge in [0.15, 0.2) is 0 Å². The van der Waals surface area contributed by atoms with Crippen LogP contribution < -0.4 is 5.32 Å². The van der Waals surface area contributed by atoms with E-state index in [1.54, 1.807) is 18.2 Å². The van der Waals surface area contributed by atoms with Crippen molar-refractivity contribution in [3.8, 4) is 11.3 Å².